The molecule has 7 nitrogen and oxygen atoms in total. The number of piperazine rings is 1. The first-order valence-corrected chi connectivity index (χ1v) is 11.0. The molecule has 8 heteroatoms. The molecule has 1 aromatic carbocycles. The van der Waals surface area contributed by atoms with Crippen LogP contribution in [0.4, 0.5) is 10.1 Å². The summed E-state index contributed by atoms with van der Waals surface area (Å²) < 4.78 is 20.0. The van der Waals surface area contributed by atoms with Gasteiger partial charge in [-0.2, -0.15) is 0 Å². The van der Waals surface area contributed by atoms with Crippen molar-refractivity contribution in [3.05, 3.63) is 29.6 Å². The molecule has 1 N–H and O–H groups in total. The van der Waals surface area contributed by atoms with E-state index in [9.17, 15) is 9.18 Å². The number of carbonyl (C=O) groups excluding carboxylic acids is 1. The van der Waals surface area contributed by atoms with Crippen LogP contribution in [-0.4, -0.2) is 80.7 Å². The van der Waals surface area contributed by atoms with Crippen molar-refractivity contribution >= 4 is 17.6 Å². The summed E-state index contributed by atoms with van der Waals surface area (Å²) in [6.07, 6.45) is 1.53. The van der Waals surface area contributed by atoms with Gasteiger partial charge in [-0.15, -0.1) is 0 Å². The Kier molecular flexibility index (Phi) is 7.90. The Morgan fingerprint density at radius 1 is 1.23 bits per heavy atom. The average Bonchev–Trinajstić information content (AvgIpc) is 3.31. The van der Waals surface area contributed by atoms with Crippen LogP contribution < -0.4 is 10.2 Å². The van der Waals surface area contributed by atoms with Gasteiger partial charge in [0.25, 0.3) is 5.91 Å². The van der Waals surface area contributed by atoms with Crippen molar-refractivity contribution in [3.8, 4) is 0 Å². The smallest absolute Gasteiger partial charge is 0.251 e. The normalized spacial score (nSPS) is 19.9. The number of amides is 1. The maximum atomic E-state index is 14.5. The molecule has 2 saturated heterocycles. The second-order valence-electron chi connectivity index (χ2n) is 7.67. The van der Waals surface area contributed by atoms with Crippen LogP contribution in [-0.2, 0) is 16.1 Å². The van der Waals surface area contributed by atoms with Crippen molar-refractivity contribution in [2.24, 2.45) is 4.99 Å². The lowest BCUT2D eigenvalue weighted by molar-refractivity contribution is -0.142. The molecular formula is C22H34FN5O2. The molecule has 0 radical (unpaired) electrons. The first-order chi connectivity index (χ1) is 14.6. The molecule has 1 amide bonds. The summed E-state index contributed by atoms with van der Waals surface area (Å²) in [4.78, 5) is 22.9. The Bertz CT molecular complexity index is 739. The largest absolute Gasteiger partial charge is 0.370 e. The number of ether oxygens (including phenoxy) is 1. The molecule has 2 heterocycles. The number of carbonyl (C=O) groups is 1. The fraction of sp³-hybridized carbons (Fsp3) is 0.636. The van der Waals surface area contributed by atoms with Crippen molar-refractivity contribution in [3.63, 3.8) is 0 Å². The number of rotatable bonds is 6. The van der Waals surface area contributed by atoms with E-state index in [1.165, 1.54) is 0 Å². The van der Waals surface area contributed by atoms with E-state index in [2.05, 4.69) is 15.2 Å². The summed E-state index contributed by atoms with van der Waals surface area (Å²) in [6.45, 7) is 9.53. The Hall–Kier alpha value is -2.35. The topological polar surface area (TPSA) is 60.4 Å². The third-order valence-electron chi connectivity index (χ3n) is 5.87. The van der Waals surface area contributed by atoms with E-state index in [0.29, 0.717) is 45.0 Å². The Labute approximate surface area is 178 Å². The van der Waals surface area contributed by atoms with E-state index in [1.54, 1.807) is 13.1 Å². The molecule has 0 bridgehead atoms. The number of aliphatic imine (C=N–C) groups is 1. The van der Waals surface area contributed by atoms with Crippen LogP contribution in [0.15, 0.2) is 23.2 Å². The Morgan fingerprint density at radius 2 is 1.93 bits per heavy atom. The quantitative estimate of drug-likeness (QED) is 0.565. The number of guanidine groups is 1. The maximum absolute atomic E-state index is 14.5. The van der Waals surface area contributed by atoms with Gasteiger partial charge in [-0.05, 0) is 44.4 Å². The van der Waals surface area contributed by atoms with E-state index in [-0.39, 0.29) is 17.8 Å². The van der Waals surface area contributed by atoms with Crippen LogP contribution >= 0.6 is 0 Å². The van der Waals surface area contributed by atoms with Gasteiger partial charge in [0, 0.05) is 59.5 Å². The number of hydrogen-bond donors (Lipinski definition) is 1. The first-order valence-electron chi connectivity index (χ1n) is 11.0. The molecule has 2 fully saturated rings. The van der Waals surface area contributed by atoms with Gasteiger partial charge in [0.1, 0.15) is 11.9 Å². The fourth-order valence-electron chi connectivity index (χ4n) is 4.11. The minimum Gasteiger partial charge on any atom is -0.370 e. The van der Waals surface area contributed by atoms with Crippen LogP contribution in [0.2, 0.25) is 0 Å². The lowest BCUT2D eigenvalue weighted by Gasteiger charge is -2.37. The standard InChI is InChI=1S/C22H34FN5O2/c1-4-26(5-2)19-9-8-17(15-18(19)23)16-25-22(24-3)28-12-10-27(11-13-28)21(29)20-7-6-14-30-20/h8-9,15,20H,4-7,10-14,16H2,1-3H3,(H,24,25). The van der Waals surface area contributed by atoms with Gasteiger partial charge in [0.15, 0.2) is 5.96 Å². The molecule has 1 atom stereocenters. The minimum absolute atomic E-state index is 0.110. The van der Waals surface area contributed by atoms with Gasteiger partial charge < -0.3 is 24.8 Å². The number of halogens is 1. The second kappa shape index (κ2) is 10.6. The summed E-state index contributed by atoms with van der Waals surface area (Å²) in [5, 5.41) is 3.33. The molecular weight excluding hydrogens is 385 g/mol. The number of anilines is 1. The molecule has 1 unspecified atom stereocenters. The van der Waals surface area contributed by atoms with Crippen molar-refractivity contribution in [2.75, 3.05) is 57.8 Å². The lowest BCUT2D eigenvalue weighted by atomic mass is 10.1. The zero-order valence-electron chi connectivity index (χ0n) is 18.4. The number of nitrogens with one attached hydrogen (secondary N) is 1. The minimum atomic E-state index is -0.261. The van der Waals surface area contributed by atoms with E-state index in [0.717, 1.165) is 37.5 Å². The summed E-state index contributed by atoms with van der Waals surface area (Å²) >= 11 is 0. The van der Waals surface area contributed by atoms with Crippen molar-refractivity contribution in [2.45, 2.75) is 39.3 Å². The third kappa shape index (κ3) is 5.22. The molecule has 0 aliphatic carbocycles. The molecule has 2 aliphatic rings. The summed E-state index contributed by atoms with van der Waals surface area (Å²) in [5.41, 5.74) is 1.51. The van der Waals surface area contributed by atoms with E-state index >= 15 is 0 Å². The summed E-state index contributed by atoms with van der Waals surface area (Å²) in [7, 11) is 1.75. The van der Waals surface area contributed by atoms with Gasteiger partial charge in [0.2, 0.25) is 0 Å². The highest BCUT2D eigenvalue weighted by atomic mass is 19.1. The highest BCUT2D eigenvalue weighted by Gasteiger charge is 2.30. The zero-order chi connectivity index (χ0) is 21.5. The van der Waals surface area contributed by atoms with Crippen molar-refractivity contribution in [1.82, 2.24) is 15.1 Å². The Morgan fingerprint density at radius 3 is 2.50 bits per heavy atom. The number of nitrogens with zero attached hydrogens (tertiary/aromatic N) is 4. The predicted molar refractivity (Wildman–Crippen MR) is 117 cm³/mol. The van der Waals surface area contributed by atoms with Crippen LogP contribution in [0, 0.1) is 5.82 Å². The molecule has 0 aromatic heterocycles. The summed E-state index contributed by atoms with van der Waals surface area (Å²) in [6, 6.07) is 5.39. The van der Waals surface area contributed by atoms with E-state index < -0.39 is 0 Å². The molecule has 166 valence electrons. The van der Waals surface area contributed by atoms with Gasteiger partial charge in [-0.3, -0.25) is 9.79 Å². The van der Waals surface area contributed by atoms with Gasteiger partial charge in [0.05, 0.1) is 5.69 Å². The van der Waals surface area contributed by atoms with Crippen molar-refractivity contribution in [1.29, 1.82) is 0 Å². The number of benzene rings is 1. The molecule has 30 heavy (non-hydrogen) atoms. The van der Waals surface area contributed by atoms with Crippen LogP contribution in [0.3, 0.4) is 0 Å². The third-order valence-corrected chi connectivity index (χ3v) is 5.87. The average molecular weight is 420 g/mol. The van der Waals surface area contributed by atoms with Crippen LogP contribution in [0.5, 0.6) is 0 Å². The van der Waals surface area contributed by atoms with E-state index in [4.69, 9.17) is 4.74 Å². The van der Waals surface area contributed by atoms with Gasteiger partial charge >= 0.3 is 0 Å². The zero-order valence-corrected chi connectivity index (χ0v) is 18.4. The van der Waals surface area contributed by atoms with Gasteiger partial charge in [-0.25, -0.2) is 4.39 Å². The lowest BCUT2D eigenvalue weighted by Crippen LogP contribution is -2.55. The molecule has 0 saturated carbocycles. The predicted octanol–water partition coefficient (Wildman–Crippen LogP) is 2.07. The molecule has 1 aromatic rings. The second-order valence-corrected chi connectivity index (χ2v) is 7.67. The Balaban J connectivity index is 1.51. The van der Waals surface area contributed by atoms with E-state index in [1.807, 2.05) is 35.8 Å². The van der Waals surface area contributed by atoms with Crippen LogP contribution in [0.1, 0.15) is 32.3 Å². The number of hydrogen-bond acceptors (Lipinski definition) is 4. The van der Waals surface area contributed by atoms with Crippen LogP contribution in [0.25, 0.3) is 0 Å². The highest BCUT2D eigenvalue weighted by molar-refractivity contribution is 5.82. The monoisotopic (exact) mass is 419 g/mol. The maximum Gasteiger partial charge on any atom is 0.251 e. The van der Waals surface area contributed by atoms with Crippen molar-refractivity contribution < 1.29 is 13.9 Å². The molecule has 2 aliphatic heterocycles. The summed E-state index contributed by atoms with van der Waals surface area (Å²) in [5.74, 6) is 0.681. The van der Waals surface area contributed by atoms with Gasteiger partial charge in [-0.1, -0.05) is 6.07 Å². The highest BCUT2D eigenvalue weighted by Crippen LogP contribution is 2.20. The molecule has 3 rings (SSSR count). The fourth-order valence-corrected chi connectivity index (χ4v) is 4.11. The SMILES string of the molecule is CCN(CC)c1ccc(CNC(=NC)N2CCN(C(=O)C3CCCO3)CC2)cc1F. The first kappa shape index (κ1) is 22.3. The molecule has 0 spiro atoms.